The normalized spacial score (nSPS) is 22.3. The summed E-state index contributed by atoms with van der Waals surface area (Å²) in [7, 11) is 0. The Bertz CT molecular complexity index is 540. The van der Waals surface area contributed by atoms with E-state index < -0.39 is 17.2 Å². The van der Waals surface area contributed by atoms with Gasteiger partial charge in [0.1, 0.15) is 0 Å². The fraction of sp³-hybridized carbons (Fsp3) is 0.500. The predicted molar refractivity (Wildman–Crippen MR) is 75.3 cm³/mol. The smallest absolute Gasteiger partial charge is 0.324 e. The molecule has 0 aliphatic carbocycles. The molecule has 1 heterocycles. The summed E-state index contributed by atoms with van der Waals surface area (Å²) in [5, 5.41) is 5.66. The summed E-state index contributed by atoms with van der Waals surface area (Å²) < 4.78 is 37.7. The van der Waals surface area contributed by atoms with Crippen LogP contribution < -0.4 is 10.6 Å². The van der Waals surface area contributed by atoms with Gasteiger partial charge < -0.3 is 10.6 Å². The molecule has 7 heteroatoms. The fourth-order valence-electron chi connectivity index (χ4n) is 2.45. The van der Waals surface area contributed by atoms with Gasteiger partial charge in [-0.3, -0.25) is 4.79 Å². The number of carbonyl (C=O) groups is 1. The van der Waals surface area contributed by atoms with Gasteiger partial charge in [0.25, 0.3) is 0 Å². The minimum Gasteiger partial charge on any atom is -0.324 e. The second kappa shape index (κ2) is 5.85. The number of rotatable bonds is 3. The predicted octanol–water partition coefficient (Wildman–Crippen LogP) is 3.69. The average Bonchev–Trinajstić information content (AvgIpc) is 2.90. The van der Waals surface area contributed by atoms with Crippen LogP contribution in [0.1, 0.15) is 25.3 Å². The van der Waals surface area contributed by atoms with Crippen LogP contribution >= 0.6 is 11.6 Å². The number of halogens is 4. The topological polar surface area (TPSA) is 41.1 Å². The van der Waals surface area contributed by atoms with Crippen molar-refractivity contribution in [3.8, 4) is 0 Å². The van der Waals surface area contributed by atoms with E-state index in [1.807, 2.05) is 6.92 Å². The van der Waals surface area contributed by atoms with Gasteiger partial charge in [0.2, 0.25) is 5.91 Å². The summed E-state index contributed by atoms with van der Waals surface area (Å²) in [4.78, 5) is 12.4. The van der Waals surface area contributed by atoms with Gasteiger partial charge in [-0.1, -0.05) is 18.5 Å². The maximum atomic E-state index is 12.6. The molecule has 3 nitrogen and oxygen atoms in total. The van der Waals surface area contributed by atoms with Crippen molar-refractivity contribution >= 4 is 23.2 Å². The third kappa shape index (κ3) is 3.32. The largest absolute Gasteiger partial charge is 0.416 e. The van der Waals surface area contributed by atoms with Gasteiger partial charge in [-0.25, -0.2) is 0 Å². The number of hydrogen-bond acceptors (Lipinski definition) is 2. The summed E-state index contributed by atoms with van der Waals surface area (Å²) >= 11 is 5.84. The van der Waals surface area contributed by atoms with Crippen molar-refractivity contribution in [2.24, 2.45) is 5.41 Å². The molecule has 1 saturated heterocycles. The van der Waals surface area contributed by atoms with E-state index in [4.69, 9.17) is 11.6 Å². The van der Waals surface area contributed by atoms with E-state index in [1.54, 1.807) is 0 Å². The maximum Gasteiger partial charge on any atom is 0.416 e. The molecule has 0 saturated carbocycles. The van der Waals surface area contributed by atoms with E-state index in [-0.39, 0.29) is 16.6 Å². The molecule has 0 spiro atoms. The van der Waals surface area contributed by atoms with Gasteiger partial charge in [0, 0.05) is 6.54 Å². The van der Waals surface area contributed by atoms with E-state index >= 15 is 0 Å². The monoisotopic (exact) mass is 320 g/mol. The number of carbonyl (C=O) groups excluding carboxylic acids is 1. The second-order valence-corrected chi connectivity index (χ2v) is 5.61. The van der Waals surface area contributed by atoms with Crippen LogP contribution in [0.2, 0.25) is 5.02 Å². The Morgan fingerprint density at radius 1 is 1.48 bits per heavy atom. The van der Waals surface area contributed by atoms with Crippen LogP contribution in [0.25, 0.3) is 0 Å². The first-order valence-corrected chi connectivity index (χ1v) is 7.05. The molecule has 1 atom stereocenters. The van der Waals surface area contributed by atoms with Crippen LogP contribution in [0.5, 0.6) is 0 Å². The number of benzene rings is 1. The molecule has 1 unspecified atom stereocenters. The summed E-state index contributed by atoms with van der Waals surface area (Å²) in [5.41, 5.74) is -1.15. The van der Waals surface area contributed by atoms with Crippen molar-refractivity contribution < 1.29 is 18.0 Å². The molecule has 0 bridgehead atoms. The molecular weight excluding hydrogens is 305 g/mol. The van der Waals surface area contributed by atoms with E-state index in [9.17, 15) is 18.0 Å². The SMILES string of the molecule is CCC1(C(=O)Nc2ccc(C(F)(F)F)cc2Cl)CCNC1. The number of alkyl halides is 3. The number of hydrogen-bond donors (Lipinski definition) is 2. The lowest BCUT2D eigenvalue weighted by molar-refractivity contribution is -0.137. The van der Waals surface area contributed by atoms with E-state index in [1.165, 1.54) is 6.07 Å². The van der Waals surface area contributed by atoms with Crippen molar-refractivity contribution in [2.45, 2.75) is 25.9 Å². The van der Waals surface area contributed by atoms with E-state index in [2.05, 4.69) is 10.6 Å². The van der Waals surface area contributed by atoms with Gasteiger partial charge >= 0.3 is 6.18 Å². The van der Waals surface area contributed by atoms with Crippen molar-refractivity contribution in [1.82, 2.24) is 5.32 Å². The van der Waals surface area contributed by atoms with Crippen LogP contribution in [-0.2, 0) is 11.0 Å². The Balaban J connectivity index is 2.18. The summed E-state index contributed by atoms with van der Waals surface area (Å²) in [6.45, 7) is 3.23. The van der Waals surface area contributed by atoms with E-state index in [0.29, 0.717) is 19.4 Å². The summed E-state index contributed by atoms with van der Waals surface area (Å²) in [6.07, 6.45) is -3.09. The zero-order chi connectivity index (χ0) is 15.7. The van der Waals surface area contributed by atoms with Gasteiger partial charge in [-0.05, 0) is 37.6 Å². The van der Waals surface area contributed by atoms with Crippen molar-refractivity contribution in [1.29, 1.82) is 0 Å². The van der Waals surface area contributed by atoms with Crippen LogP contribution in [0.3, 0.4) is 0 Å². The molecular formula is C14H16ClF3N2O. The van der Waals surface area contributed by atoms with E-state index in [0.717, 1.165) is 18.7 Å². The molecule has 116 valence electrons. The Kier molecular flexibility index (Phi) is 4.49. The van der Waals surface area contributed by atoms with Gasteiger partial charge in [0.05, 0.1) is 21.7 Å². The lowest BCUT2D eigenvalue weighted by Gasteiger charge is -2.25. The molecule has 2 N–H and O–H groups in total. The highest BCUT2D eigenvalue weighted by molar-refractivity contribution is 6.33. The molecule has 1 aromatic carbocycles. The molecule has 2 rings (SSSR count). The molecule has 1 fully saturated rings. The second-order valence-electron chi connectivity index (χ2n) is 5.21. The van der Waals surface area contributed by atoms with Crippen LogP contribution in [-0.4, -0.2) is 19.0 Å². The first-order valence-electron chi connectivity index (χ1n) is 6.67. The highest BCUT2D eigenvalue weighted by Crippen LogP contribution is 2.35. The first kappa shape index (κ1) is 16.1. The van der Waals surface area contributed by atoms with Crippen molar-refractivity contribution in [2.75, 3.05) is 18.4 Å². The highest BCUT2D eigenvalue weighted by Gasteiger charge is 2.39. The Morgan fingerprint density at radius 2 is 2.19 bits per heavy atom. The van der Waals surface area contributed by atoms with Crippen molar-refractivity contribution in [3.05, 3.63) is 28.8 Å². The highest BCUT2D eigenvalue weighted by atomic mass is 35.5. The number of nitrogens with one attached hydrogen (secondary N) is 2. The van der Waals surface area contributed by atoms with Gasteiger partial charge in [-0.15, -0.1) is 0 Å². The maximum absolute atomic E-state index is 12.6. The van der Waals surface area contributed by atoms with Gasteiger partial charge in [0.15, 0.2) is 0 Å². The third-order valence-electron chi connectivity index (χ3n) is 3.95. The zero-order valence-electron chi connectivity index (χ0n) is 11.5. The Morgan fingerprint density at radius 3 is 2.67 bits per heavy atom. The summed E-state index contributed by atoms with van der Waals surface area (Å²) in [5.74, 6) is -0.211. The molecule has 1 aliphatic rings. The average molecular weight is 321 g/mol. The quantitative estimate of drug-likeness (QED) is 0.892. The van der Waals surface area contributed by atoms with Crippen LogP contribution in [0.15, 0.2) is 18.2 Å². The molecule has 21 heavy (non-hydrogen) atoms. The third-order valence-corrected chi connectivity index (χ3v) is 4.26. The minimum atomic E-state index is -4.45. The Labute approximate surface area is 125 Å². The number of anilines is 1. The Hall–Kier alpha value is -1.27. The molecule has 1 aliphatic heterocycles. The van der Waals surface area contributed by atoms with Crippen LogP contribution in [0, 0.1) is 5.41 Å². The van der Waals surface area contributed by atoms with Crippen LogP contribution in [0.4, 0.5) is 18.9 Å². The summed E-state index contributed by atoms with van der Waals surface area (Å²) in [6, 6.07) is 2.92. The van der Waals surface area contributed by atoms with Crippen molar-refractivity contribution in [3.63, 3.8) is 0 Å². The number of amides is 1. The minimum absolute atomic E-state index is 0.115. The lowest BCUT2D eigenvalue weighted by atomic mass is 9.83. The fourth-order valence-corrected chi connectivity index (χ4v) is 2.68. The van der Waals surface area contributed by atoms with Gasteiger partial charge in [-0.2, -0.15) is 13.2 Å². The standard InChI is InChI=1S/C14H16ClF3N2O/c1-2-13(5-6-19-8-13)12(21)20-11-4-3-9(7-10(11)15)14(16,17)18/h3-4,7,19H,2,5-6,8H2,1H3,(H,20,21). The zero-order valence-corrected chi connectivity index (χ0v) is 12.2. The first-order chi connectivity index (χ1) is 9.78. The lowest BCUT2D eigenvalue weighted by Crippen LogP contribution is -2.37. The molecule has 1 amide bonds. The molecule has 0 radical (unpaired) electrons. The molecule has 1 aromatic rings. The molecule has 0 aromatic heterocycles.